The van der Waals surface area contributed by atoms with Gasteiger partial charge in [-0.15, -0.1) is 0 Å². The highest BCUT2D eigenvalue weighted by Gasteiger charge is 2.49. The molecule has 0 spiro atoms. The quantitative estimate of drug-likeness (QED) is 0.359. The summed E-state index contributed by atoms with van der Waals surface area (Å²) >= 11 is 0. The van der Waals surface area contributed by atoms with Gasteiger partial charge in [-0.25, -0.2) is 9.59 Å². The number of rotatable bonds is 4. The number of benzene rings is 3. The number of nitrogens with one attached hydrogen (secondary N) is 2. The van der Waals surface area contributed by atoms with Crippen LogP contribution in [0.1, 0.15) is 25.0 Å². The molecule has 3 aromatic carbocycles. The molecule has 170 valence electrons. The summed E-state index contributed by atoms with van der Waals surface area (Å²) in [6.45, 7) is 2.96. The molecule has 2 heterocycles. The van der Waals surface area contributed by atoms with Crippen molar-refractivity contribution in [1.82, 2.24) is 10.2 Å². The van der Waals surface area contributed by atoms with Crippen molar-refractivity contribution in [2.24, 2.45) is 0 Å². The van der Waals surface area contributed by atoms with E-state index in [0.29, 0.717) is 22.2 Å². The van der Waals surface area contributed by atoms with Gasteiger partial charge in [0, 0.05) is 30.1 Å². The number of hydrogen-bond acceptors (Lipinski definition) is 5. The topological polar surface area (TPSA) is 109 Å². The summed E-state index contributed by atoms with van der Waals surface area (Å²) < 4.78 is 5.29. The standard InChI is InChI=1S/C26H21N3O5/c1-15(30)27-18-10-11-20-17(12-23(31)34-22(20)13-18)14-29-24(32)26(2,28-25(29)33)21-9-5-7-16-6-3-4-8-19(16)21/h3-13H,14H2,1-2H3,(H,27,30)(H,28,33). The number of nitrogens with zero attached hydrogens (tertiary/aromatic N) is 1. The van der Waals surface area contributed by atoms with E-state index in [0.717, 1.165) is 15.7 Å². The van der Waals surface area contributed by atoms with Crippen LogP contribution in [0.4, 0.5) is 10.5 Å². The second kappa shape index (κ2) is 7.84. The smallest absolute Gasteiger partial charge is 0.336 e. The highest BCUT2D eigenvalue weighted by atomic mass is 16.4. The molecule has 5 rings (SSSR count). The van der Waals surface area contributed by atoms with Crippen LogP contribution in [0.2, 0.25) is 0 Å². The van der Waals surface area contributed by atoms with Gasteiger partial charge in [-0.05, 0) is 41.0 Å². The third-order valence-electron chi connectivity index (χ3n) is 6.08. The number of carbonyl (C=O) groups is 3. The fraction of sp³-hybridized carbons (Fsp3) is 0.154. The molecule has 4 aromatic rings. The molecule has 0 aliphatic carbocycles. The number of carbonyl (C=O) groups excluding carboxylic acids is 3. The van der Waals surface area contributed by atoms with Gasteiger partial charge in [-0.1, -0.05) is 42.5 Å². The number of hydrogen-bond donors (Lipinski definition) is 2. The summed E-state index contributed by atoms with van der Waals surface area (Å²) in [5, 5.41) is 7.88. The van der Waals surface area contributed by atoms with Crippen LogP contribution >= 0.6 is 0 Å². The van der Waals surface area contributed by atoms with Gasteiger partial charge in [0.2, 0.25) is 5.91 Å². The van der Waals surface area contributed by atoms with Gasteiger partial charge in [0.05, 0.1) is 6.54 Å². The van der Waals surface area contributed by atoms with Crippen molar-refractivity contribution in [3.05, 3.63) is 88.3 Å². The van der Waals surface area contributed by atoms with Gasteiger partial charge in [0.1, 0.15) is 11.1 Å². The van der Waals surface area contributed by atoms with Crippen molar-refractivity contribution >= 4 is 45.3 Å². The van der Waals surface area contributed by atoms with Crippen LogP contribution < -0.4 is 16.3 Å². The van der Waals surface area contributed by atoms with E-state index in [4.69, 9.17) is 4.42 Å². The first kappa shape index (κ1) is 21.4. The third-order valence-corrected chi connectivity index (χ3v) is 6.08. The van der Waals surface area contributed by atoms with Crippen molar-refractivity contribution in [1.29, 1.82) is 0 Å². The van der Waals surface area contributed by atoms with Gasteiger partial charge >= 0.3 is 11.7 Å². The molecule has 1 aliphatic heterocycles. The van der Waals surface area contributed by atoms with Crippen LogP contribution in [0.15, 0.2) is 75.9 Å². The fourth-order valence-corrected chi connectivity index (χ4v) is 4.50. The molecule has 34 heavy (non-hydrogen) atoms. The maximum Gasteiger partial charge on any atom is 0.336 e. The zero-order valence-corrected chi connectivity index (χ0v) is 18.5. The largest absolute Gasteiger partial charge is 0.423 e. The van der Waals surface area contributed by atoms with Crippen molar-refractivity contribution in [2.75, 3.05) is 5.32 Å². The highest BCUT2D eigenvalue weighted by molar-refractivity contribution is 6.09. The Morgan fingerprint density at radius 3 is 2.56 bits per heavy atom. The lowest BCUT2D eigenvalue weighted by Gasteiger charge is -2.24. The Balaban J connectivity index is 1.53. The van der Waals surface area contributed by atoms with Crippen LogP contribution in [0.5, 0.6) is 0 Å². The first-order chi connectivity index (χ1) is 16.3. The van der Waals surface area contributed by atoms with E-state index in [-0.39, 0.29) is 18.0 Å². The van der Waals surface area contributed by atoms with Gasteiger partial charge in [0.25, 0.3) is 5.91 Å². The molecular formula is C26H21N3O5. The number of fused-ring (bicyclic) bond motifs is 2. The molecule has 1 unspecified atom stereocenters. The van der Waals surface area contributed by atoms with Gasteiger partial charge < -0.3 is 15.1 Å². The first-order valence-electron chi connectivity index (χ1n) is 10.7. The normalized spacial score (nSPS) is 17.9. The van der Waals surface area contributed by atoms with E-state index >= 15 is 0 Å². The van der Waals surface area contributed by atoms with E-state index < -0.39 is 23.1 Å². The maximum atomic E-state index is 13.6. The van der Waals surface area contributed by atoms with E-state index in [1.54, 1.807) is 19.1 Å². The van der Waals surface area contributed by atoms with Crippen molar-refractivity contribution in [2.45, 2.75) is 25.9 Å². The Hall–Kier alpha value is -4.46. The van der Waals surface area contributed by atoms with Crippen LogP contribution in [-0.2, 0) is 21.7 Å². The van der Waals surface area contributed by atoms with Crippen LogP contribution in [0, 0.1) is 0 Å². The number of urea groups is 1. The van der Waals surface area contributed by atoms with Crippen LogP contribution in [0.3, 0.4) is 0 Å². The Morgan fingerprint density at radius 1 is 1.00 bits per heavy atom. The van der Waals surface area contributed by atoms with Crippen molar-refractivity contribution in [3.63, 3.8) is 0 Å². The van der Waals surface area contributed by atoms with E-state index in [1.807, 2.05) is 42.5 Å². The molecule has 1 saturated heterocycles. The first-order valence-corrected chi connectivity index (χ1v) is 10.7. The van der Waals surface area contributed by atoms with E-state index in [9.17, 15) is 19.2 Å². The maximum absolute atomic E-state index is 13.6. The predicted octanol–water partition coefficient (Wildman–Crippen LogP) is 3.87. The average Bonchev–Trinajstić information content (AvgIpc) is 3.01. The minimum absolute atomic E-state index is 0.105. The van der Waals surface area contributed by atoms with E-state index in [2.05, 4.69) is 10.6 Å². The lowest BCUT2D eigenvalue weighted by molar-refractivity contribution is -0.131. The Kier molecular flexibility index (Phi) is 4.93. The predicted molar refractivity (Wildman–Crippen MR) is 127 cm³/mol. The zero-order valence-electron chi connectivity index (χ0n) is 18.5. The summed E-state index contributed by atoms with van der Waals surface area (Å²) in [6, 6.07) is 18.9. The molecular weight excluding hydrogens is 434 g/mol. The van der Waals surface area contributed by atoms with Gasteiger partial charge in [0.15, 0.2) is 0 Å². The molecule has 1 aromatic heterocycles. The Morgan fingerprint density at radius 2 is 1.76 bits per heavy atom. The van der Waals surface area contributed by atoms with Crippen molar-refractivity contribution in [3.8, 4) is 0 Å². The summed E-state index contributed by atoms with van der Waals surface area (Å²) in [5.41, 5.74) is 0.00380. The molecule has 1 aliphatic rings. The molecule has 2 N–H and O–H groups in total. The zero-order chi connectivity index (χ0) is 24.0. The fourth-order valence-electron chi connectivity index (χ4n) is 4.50. The second-order valence-corrected chi connectivity index (χ2v) is 8.46. The molecule has 4 amide bonds. The summed E-state index contributed by atoms with van der Waals surface area (Å²) in [7, 11) is 0. The molecule has 1 atom stereocenters. The summed E-state index contributed by atoms with van der Waals surface area (Å²) in [4.78, 5) is 51.2. The number of amides is 4. The molecule has 1 fully saturated rings. The molecule has 0 bridgehead atoms. The molecule has 0 radical (unpaired) electrons. The second-order valence-electron chi connectivity index (χ2n) is 8.46. The van der Waals surface area contributed by atoms with Crippen LogP contribution in [-0.4, -0.2) is 22.7 Å². The average molecular weight is 455 g/mol. The summed E-state index contributed by atoms with van der Waals surface area (Å²) in [6.07, 6.45) is 0. The highest BCUT2D eigenvalue weighted by Crippen LogP contribution is 2.35. The van der Waals surface area contributed by atoms with Gasteiger partial charge in [-0.2, -0.15) is 0 Å². The monoisotopic (exact) mass is 455 g/mol. The SMILES string of the molecule is CC(=O)Nc1ccc2c(CN3C(=O)NC(C)(c4cccc5ccccc45)C3=O)cc(=O)oc2c1. The van der Waals surface area contributed by atoms with Gasteiger partial charge in [-0.3, -0.25) is 14.5 Å². The minimum atomic E-state index is -1.26. The minimum Gasteiger partial charge on any atom is -0.423 e. The number of anilines is 1. The van der Waals surface area contributed by atoms with E-state index in [1.165, 1.54) is 19.1 Å². The molecule has 0 saturated carbocycles. The van der Waals surface area contributed by atoms with Crippen molar-refractivity contribution < 1.29 is 18.8 Å². The van der Waals surface area contributed by atoms with Crippen LogP contribution in [0.25, 0.3) is 21.7 Å². The lowest BCUT2D eigenvalue weighted by atomic mass is 9.87. The Bertz CT molecular complexity index is 1550. The molecule has 8 nitrogen and oxygen atoms in total. The number of imide groups is 1. The lowest BCUT2D eigenvalue weighted by Crippen LogP contribution is -2.41. The summed E-state index contributed by atoms with van der Waals surface area (Å²) in [5.74, 6) is -0.671. The Labute approximate surface area is 194 Å². The molecule has 8 heteroatoms. The third kappa shape index (κ3) is 3.49.